The fourth-order valence-corrected chi connectivity index (χ4v) is 1.82. The summed E-state index contributed by atoms with van der Waals surface area (Å²) in [6.07, 6.45) is 0.777. The Hall–Kier alpha value is -1.75. The molecule has 0 unspecified atom stereocenters. The molecule has 1 aromatic rings. The zero-order valence-electron chi connectivity index (χ0n) is 10.5. The predicted molar refractivity (Wildman–Crippen MR) is 67.8 cm³/mol. The number of carbonyl (C=O) groups excluding carboxylic acids is 1. The maximum Gasteiger partial charge on any atom is 0.236 e. The lowest BCUT2D eigenvalue weighted by molar-refractivity contribution is -0.128. The minimum atomic E-state index is -0.0486. The first-order chi connectivity index (χ1) is 8.70. The summed E-state index contributed by atoms with van der Waals surface area (Å²) in [6.45, 7) is 1.88. The van der Waals surface area contributed by atoms with Crippen molar-refractivity contribution in [1.29, 1.82) is 0 Å². The summed E-state index contributed by atoms with van der Waals surface area (Å²) in [5, 5.41) is 0. The molecule has 0 radical (unpaired) electrons. The average Bonchev–Trinajstić information content (AvgIpc) is 2.43. The molecule has 0 fully saturated rings. The van der Waals surface area contributed by atoms with Gasteiger partial charge in [0.1, 0.15) is 13.2 Å². The van der Waals surface area contributed by atoms with Gasteiger partial charge in [0.15, 0.2) is 11.5 Å². The highest BCUT2D eigenvalue weighted by atomic mass is 16.6. The minimum absolute atomic E-state index is 0.0486. The van der Waals surface area contributed by atoms with Crippen LogP contribution < -0.4 is 15.2 Å². The summed E-state index contributed by atoms with van der Waals surface area (Å²) in [6, 6.07) is 5.87. The molecule has 2 rings (SSSR count). The number of rotatable bonds is 4. The molecule has 0 aromatic heterocycles. The molecule has 1 heterocycles. The fourth-order valence-electron chi connectivity index (χ4n) is 1.82. The summed E-state index contributed by atoms with van der Waals surface area (Å²) in [5.74, 6) is 1.52. The predicted octanol–water partition coefficient (Wildman–Crippen LogP) is 0.417. The number of nitrogens with zero attached hydrogens (tertiary/aromatic N) is 1. The van der Waals surface area contributed by atoms with E-state index < -0.39 is 0 Å². The number of nitrogens with two attached hydrogens (primary N) is 1. The maximum atomic E-state index is 11.3. The average molecular weight is 250 g/mol. The molecule has 1 aliphatic rings. The normalized spacial score (nSPS) is 13.2. The first-order valence-electron chi connectivity index (χ1n) is 6.03. The van der Waals surface area contributed by atoms with E-state index in [1.807, 2.05) is 18.2 Å². The van der Waals surface area contributed by atoms with Crippen molar-refractivity contribution < 1.29 is 14.3 Å². The highest BCUT2D eigenvalue weighted by Crippen LogP contribution is 2.30. The van der Waals surface area contributed by atoms with Crippen LogP contribution in [0, 0.1) is 0 Å². The molecule has 1 aromatic carbocycles. The SMILES string of the molecule is CN(CCc1ccc2c(c1)OCCO2)C(=O)CN. The van der Waals surface area contributed by atoms with E-state index in [-0.39, 0.29) is 12.5 Å². The number of benzene rings is 1. The number of amides is 1. The highest BCUT2D eigenvalue weighted by Gasteiger charge is 2.12. The Bertz CT molecular complexity index is 434. The van der Waals surface area contributed by atoms with Crippen molar-refractivity contribution in [2.45, 2.75) is 6.42 Å². The molecular formula is C13H18N2O3. The number of hydrogen-bond donors (Lipinski definition) is 1. The van der Waals surface area contributed by atoms with Gasteiger partial charge in [0.25, 0.3) is 0 Å². The Morgan fingerprint density at radius 3 is 2.78 bits per heavy atom. The zero-order valence-corrected chi connectivity index (χ0v) is 10.5. The van der Waals surface area contributed by atoms with E-state index in [0.717, 1.165) is 23.5 Å². The van der Waals surface area contributed by atoms with Crippen LogP contribution in [0.4, 0.5) is 0 Å². The van der Waals surface area contributed by atoms with Gasteiger partial charge in [-0.2, -0.15) is 0 Å². The molecule has 0 saturated carbocycles. The molecule has 0 aliphatic carbocycles. The number of carbonyl (C=O) groups is 1. The molecule has 98 valence electrons. The van der Waals surface area contributed by atoms with Crippen LogP contribution in [0.5, 0.6) is 11.5 Å². The number of ether oxygens (including phenoxy) is 2. The van der Waals surface area contributed by atoms with Gasteiger partial charge in [-0.15, -0.1) is 0 Å². The second-order valence-electron chi connectivity index (χ2n) is 4.25. The van der Waals surface area contributed by atoms with Gasteiger partial charge in [-0.3, -0.25) is 4.79 Å². The van der Waals surface area contributed by atoms with Crippen LogP contribution >= 0.6 is 0 Å². The van der Waals surface area contributed by atoms with E-state index in [0.29, 0.717) is 19.8 Å². The van der Waals surface area contributed by atoms with Gasteiger partial charge in [0.2, 0.25) is 5.91 Å². The molecule has 0 bridgehead atoms. The molecule has 0 spiro atoms. The number of fused-ring (bicyclic) bond motifs is 1. The van der Waals surface area contributed by atoms with E-state index in [4.69, 9.17) is 15.2 Å². The van der Waals surface area contributed by atoms with Crippen LogP contribution in [0.2, 0.25) is 0 Å². The van der Waals surface area contributed by atoms with Gasteiger partial charge in [-0.05, 0) is 24.1 Å². The van der Waals surface area contributed by atoms with Crippen molar-refractivity contribution >= 4 is 5.91 Å². The van der Waals surface area contributed by atoms with Crippen LogP contribution in [0.3, 0.4) is 0 Å². The van der Waals surface area contributed by atoms with Crippen LogP contribution in [-0.2, 0) is 11.2 Å². The lowest BCUT2D eigenvalue weighted by Gasteiger charge is -2.20. The Kier molecular flexibility index (Phi) is 4.04. The van der Waals surface area contributed by atoms with Crippen molar-refractivity contribution in [3.8, 4) is 11.5 Å². The topological polar surface area (TPSA) is 64.8 Å². The summed E-state index contributed by atoms with van der Waals surface area (Å²) in [5.41, 5.74) is 6.43. The van der Waals surface area contributed by atoms with E-state index in [1.165, 1.54) is 0 Å². The molecule has 1 amide bonds. The smallest absolute Gasteiger partial charge is 0.236 e. The monoisotopic (exact) mass is 250 g/mol. The van der Waals surface area contributed by atoms with Gasteiger partial charge >= 0.3 is 0 Å². The number of likely N-dealkylation sites (N-methyl/N-ethyl adjacent to an activating group) is 1. The van der Waals surface area contributed by atoms with Gasteiger partial charge in [-0.25, -0.2) is 0 Å². The third kappa shape index (κ3) is 2.92. The zero-order chi connectivity index (χ0) is 13.0. The Balaban J connectivity index is 1.96. The molecule has 18 heavy (non-hydrogen) atoms. The summed E-state index contributed by atoms with van der Waals surface area (Å²) in [7, 11) is 1.76. The molecule has 2 N–H and O–H groups in total. The van der Waals surface area contributed by atoms with E-state index >= 15 is 0 Å². The summed E-state index contributed by atoms with van der Waals surface area (Å²) in [4.78, 5) is 13.0. The molecule has 5 nitrogen and oxygen atoms in total. The molecule has 5 heteroatoms. The molecule has 0 atom stereocenters. The Labute approximate surface area is 106 Å². The van der Waals surface area contributed by atoms with E-state index in [2.05, 4.69) is 0 Å². The quantitative estimate of drug-likeness (QED) is 0.841. The van der Waals surface area contributed by atoms with Crippen LogP contribution in [0.1, 0.15) is 5.56 Å². The largest absolute Gasteiger partial charge is 0.486 e. The van der Waals surface area contributed by atoms with Gasteiger partial charge < -0.3 is 20.1 Å². The van der Waals surface area contributed by atoms with E-state index in [1.54, 1.807) is 11.9 Å². The van der Waals surface area contributed by atoms with Crippen molar-refractivity contribution in [3.05, 3.63) is 23.8 Å². The van der Waals surface area contributed by atoms with Crippen LogP contribution in [-0.4, -0.2) is 44.2 Å². The number of hydrogen-bond acceptors (Lipinski definition) is 4. The van der Waals surface area contributed by atoms with Gasteiger partial charge in [0.05, 0.1) is 6.54 Å². The third-order valence-electron chi connectivity index (χ3n) is 2.94. The van der Waals surface area contributed by atoms with E-state index in [9.17, 15) is 4.79 Å². The standard InChI is InChI=1S/C13H18N2O3/c1-15(13(16)9-14)5-4-10-2-3-11-12(8-10)18-7-6-17-11/h2-3,8H,4-7,9,14H2,1H3. The second kappa shape index (κ2) is 5.73. The fraction of sp³-hybridized carbons (Fsp3) is 0.462. The third-order valence-corrected chi connectivity index (χ3v) is 2.94. The minimum Gasteiger partial charge on any atom is -0.486 e. The highest BCUT2D eigenvalue weighted by molar-refractivity contribution is 5.77. The summed E-state index contributed by atoms with van der Waals surface area (Å²) >= 11 is 0. The van der Waals surface area contributed by atoms with Crippen molar-refractivity contribution in [2.75, 3.05) is 33.4 Å². The second-order valence-corrected chi connectivity index (χ2v) is 4.25. The Morgan fingerprint density at radius 1 is 1.33 bits per heavy atom. The first kappa shape index (κ1) is 12.7. The molecule has 1 aliphatic heterocycles. The first-order valence-corrected chi connectivity index (χ1v) is 6.03. The molecular weight excluding hydrogens is 232 g/mol. The van der Waals surface area contributed by atoms with Crippen molar-refractivity contribution in [1.82, 2.24) is 4.90 Å². The maximum absolute atomic E-state index is 11.3. The Morgan fingerprint density at radius 2 is 2.06 bits per heavy atom. The van der Waals surface area contributed by atoms with Crippen LogP contribution in [0.15, 0.2) is 18.2 Å². The molecule has 0 saturated heterocycles. The summed E-state index contributed by atoms with van der Waals surface area (Å²) < 4.78 is 11.0. The lowest BCUT2D eigenvalue weighted by atomic mass is 10.1. The van der Waals surface area contributed by atoms with Gasteiger partial charge in [0, 0.05) is 13.6 Å². The van der Waals surface area contributed by atoms with Gasteiger partial charge in [-0.1, -0.05) is 6.07 Å². The lowest BCUT2D eigenvalue weighted by Crippen LogP contribution is -2.34. The van der Waals surface area contributed by atoms with Crippen LogP contribution in [0.25, 0.3) is 0 Å². The van der Waals surface area contributed by atoms with Crippen molar-refractivity contribution in [2.24, 2.45) is 5.73 Å². The van der Waals surface area contributed by atoms with Crippen molar-refractivity contribution in [3.63, 3.8) is 0 Å².